The molecule has 1 amide bonds. The Bertz CT molecular complexity index is 1270. The van der Waals surface area contributed by atoms with Crippen LogP contribution in [0.25, 0.3) is 17.1 Å². The van der Waals surface area contributed by atoms with Gasteiger partial charge < -0.3 is 19.5 Å². The first kappa shape index (κ1) is 22.9. The highest BCUT2D eigenvalue weighted by atomic mass is 19.1. The van der Waals surface area contributed by atoms with Gasteiger partial charge in [-0.3, -0.25) is 4.79 Å². The molecule has 4 rings (SSSR count). The number of ether oxygens (including phenoxy) is 3. The summed E-state index contributed by atoms with van der Waals surface area (Å²) in [6, 6.07) is 20.2. The first-order valence-corrected chi connectivity index (χ1v) is 10.5. The lowest BCUT2D eigenvalue weighted by Gasteiger charge is -2.09. The summed E-state index contributed by atoms with van der Waals surface area (Å²) in [7, 11) is 3.19. The number of aromatic nitrogens is 3. The normalized spacial score (nSPS) is 10.7. The number of methoxy groups -OCH3 is 2. The van der Waals surface area contributed by atoms with Gasteiger partial charge in [0.15, 0.2) is 5.82 Å². The lowest BCUT2D eigenvalue weighted by atomic mass is 10.2. The van der Waals surface area contributed by atoms with Crippen molar-refractivity contribution in [3.63, 3.8) is 0 Å². The zero-order valence-electron chi connectivity index (χ0n) is 18.7. The molecule has 0 saturated heterocycles. The van der Waals surface area contributed by atoms with Crippen molar-refractivity contribution in [2.45, 2.75) is 0 Å². The largest absolute Gasteiger partial charge is 0.497 e. The number of benzene rings is 3. The zero-order chi connectivity index (χ0) is 23.9. The van der Waals surface area contributed by atoms with E-state index in [0.717, 1.165) is 5.56 Å². The molecule has 0 bridgehead atoms. The Morgan fingerprint density at radius 1 is 1.00 bits per heavy atom. The predicted molar refractivity (Wildman–Crippen MR) is 125 cm³/mol. The van der Waals surface area contributed by atoms with Crippen LogP contribution in [0.4, 0.5) is 10.1 Å². The number of hydrogen-bond acceptors (Lipinski definition) is 6. The Morgan fingerprint density at radius 2 is 1.79 bits per heavy atom. The molecule has 0 aliphatic carbocycles. The van der Waals surface area contributed by atoms with Gasteiger partial charge in [0.05, 0.1) is 19.4 Å². The molecule has 9 heteroatoms. The number of carbonyl (C=O) groups is 1. The number of halogens is 1. The lowest BCUT2D eigenvalue weighted by Crippen LogP contribution is -2.12. The number of anilines is 1. The molecule has 0 fully saturated rings. The summed E-state index contributed by atoms with van der Waals surface area (Å²) >= 11 is 0. The maximum Gasteiger partial charge on any atom is 0.336 e. The predicted octanol–water partition coefficient (Wildman–Crippen LogP) is 4.36. The summed E-state index contributed by atoms with van der Waals surface area (Å²) in [6.45, 7) is 0.714. The van der Waals surface area contributed by atoms with Crippen molar-refractivity contribution in [2.24, 2.45) is 0 Å². The van der Waals surface area contributed by atoms with Gasteiger partial charge in [-0.25, -0.2) is 9.07 Å². The van der Waals surface area contributed by atoms with Gasteiger partial charge in [-0.1, -0.05) is 18.2 Å². The molecule has 8 nitrogen and oxygen atoms in total. The highest BCUT2D eigenvalue weighted by Crippen LogP contribution is 2.27. The molecule has 174 valence electrons. The minimum Gasteiger partial charge on any atom is -0.497 e. The third kappa shape index (κ3) is 5.38. The van der Waals surface area contributed by atoms with Gasteiger partial charge in [0.2, 0.25) is 0 Å². The number of nitrogens with zero attached hydrogens (tertiary/aromatic N) is 3. The Labute approximate surface area is 195 Å². The molecule has 0 aliphatic rings. The van der Waals surface area contributed by atoms with Crippen LogP contribution >= 0.6 is 0 Å². The van der Waals surface area contributed by atoms with Gasteiger partial charge >= 0.3 is 6.01 Å². The van der Waals surface area contributed by atoms with Crippen molar-refractivity contribution in [3.05, 3.63) is 84.2 Å². The maximum atomic E-state index is 13.4. The average molecular weight is 462 g/mol. The Morgan fingerprint density at radius 3 is 2.53 bits per heavy atom. The summed E-state index contributed by atoms with van der Waals surface area (Å²) in [5, 5.41) is 7.25. The number of rotatable bonds is 9. The molecule has 4 aromatic rings. The van der Waals surface area contributed by atoms with Gasteiger partial charge in [-0.15, -0.1) is 5.10 Å². The van der Waals surface area contributed by atoms with Crippen LogP contribution in [0.15, 0.2) is 72.8 Å². The second-order valence-corrected chi connectivity index (χ2v) is 7.21. The summed E-state index contributed by atoms with van der Waals surface area (Å²) in [4.78, 5) is 16.9. The van der Waals surface area contributed by atoms with Gasteiger partial charge in [0.1, 0.15) is 18.2 Å². The third-order valence-electron chi connectivity index (χ3n) is 4.89. The third-order valence-corrected chi connectivity index (χ3v) is 4.89. The quantitative estimate of drug-likeness (QED) is 0.372. The van der Waals surface area contributed by atoms with E-state index in [1.807, 2.05) is 24.3 Å². The van der Waals surface area contributed by atoms with Crippen LogP contribution in [0.2, 0.25) is 0 Å². The fraction of sp³-hybridized carbons (Fsp3) is 0.160. The minimum absolute atomic E-state index is 0.207. The monoisotopic (exact) mass is 462 g/mol. The molecule has 3 aromatic carbocycles. The topological polar surface area (TPSA) is 87.5 Å². The van der Waals surface area contributed by atoms with Crippen LogP contribution in [0, 0.1) is 5.82 Å². The van der Waals surface area contributed by atoms with Crippen LogP contribution in [0.3, 0.4) is 0 Å². The van der Waals surface area contributed by atoms with Gasteiger partial charge in [-0.05, 0) is 54.6 Å². The van der Waals surface area contributed by atoms with E-state index >= 15 is 0 Å². The summed E-state index contributed by atoms with van der Waals surface area (Å²) in [5.41, 5.74) is 2.28. The Kier molecular flexibility index (Phi) is 7.14. The van der Waals surface area contributed by atoms with Crippen LogP contribution in [-0.2, 0) is 4.74 Å². The summed E-state index contributed by atoms with van der Waals surface area (Å²) < 4.78 is 31.0. The van der Waals surface area contributed by atoms with E-state index in [2.05, 4.69) is 15.4 Å². The number of carbonyl (C=O) groups excluding carboxylic acids is 1. The van der Waals surface area contributed by atoms with Gasteiger partial charge in [0.25, 0.3) is 5.91 Å². The molecule has 1 aromatic heterocycles. The lowest BCUT2D eigenvalue weighted by molar-refractivity contribution is 0.102. The molecule has 0 aliphatic heterocycles. The first-order chi connectivity index (χ1) is 16.6. The highest BCUT2D eigenvalue weighted by Gasteiger charge is 2.16. The summed E-state index contributed by atoms with van der Waals surface area (Å²) in [6.07, 6.45) is 0. The molecule has 0 spiro atoms. The van der Waals surface area contributed by atoms with Crippen LogP contribution in [0.5, 0.6) is 11.8 Å². The molecular formula is C25H23FN4O4. The van der Waals surface area contributed by atoms with Crippen LogP contribution in [-0.4, -0.2) is 48.1 Å². The van der Waals surface area contributed by atoms with E-state index in [4.69, 9.17) is 14.2 Å². The second kappa shape index (κ2) is 10.6. The fourth-order valence-electron chi connectivity index (χ4n) is 3.22. The van der Waals surface area contributed by atoms with Crippen molar-refractivity contribution in [1.29, 1.82) is 0 Å². The number of nitrogens with one attached hydrogen (secondary N) is 1. The first-order valence-electron chi connectivity index (χ1n) is 10.5. The van der Waals surface area contributed by atoms with E-state index in [0.29, 0.717) is 36.2 Å². The second-order valence-electron chi connectivity index (χ2n) is 7.21. The average Bonchev–Trinajstić information content (AvgIpc) is 3.29. The summed E-state index contributed by atoms with van der Waals surface area (Å²) in [5.74, 6) is 0.369. The Hall–Kier alpha value is -4.24. The van der Waals surface area contributed by atoms with Crippen molar-refractivity contribution >= 4 is 11.6 Å². The Balaban J connectivity index is 1.61. The SMILES string of the molecule is COCCOc1nc(-c2cccc(OC)c2)n(-c2ccc(NC(=O)c3cccc(F)c3)cc2)n1. The van der Waals surface area contributed by atoms with E-state index in [-0.39, 0.29) is 11.6 Å². The number of hydrogen-bond donors (Lipinski definition) is 1. The molecule has 1 N–H and O–H groups in total. The standard InChI is InChI=1S/C25H23FN4O4/c1-32-13-14-34-25-28-23(17-5-4-8-22(16-17)33-2)30(29-25)21-11-9-20(10-12-21)27-24(31)18-6-3-7-19(26)15-18/h3-12,15-16H,13-14H2,1-2H3,(H,27,31). The van der Waals surface area contributed by atoms with Crippen molar-refractivity contribution in [3.8, 4) is 28.8 Å². The van der Waals surface area contributed by atoms with Gasteiger partial charge in [-0.2, -0.15) is 4.98 Å². The molecule has 1 heterocycles. The fourth-order valence-corrected chi connectivity index (χ4v) is 3.22. The maximum absolute atomic E-state index is 13.4. The molecular weight excluding hydrogens is 439 g/mol. The van der Waals surface area contributed by atoms with Crippen molar-refractivity contribution in [2.75, 3.05) is 32.8 Å². The van der Waals surface area contributed by atoms with Crippen molar-refractivity contribution < 1.29 is 23.4 Å². The smallest absolute Gasteiger partial charge is 0.336 e. The zero-order valence-corrected chi connectivity index (χ0v) is 18.7. The van der Waals surface area contributed by atoms with Crippen molar-refractivity contribution in [1.82, 2.24) is 14.8 Å². The number of amides is 1. The van der Waals surface area contributed by atoms with Crippen LogP contribution in [0.1, 0.15) is 10.4 Å². The minimum atomic E-state index is -0.470. The van der Waals surface area contributed by atoms with E-state index in [9.17, 15) is 9.18 Å². The van der Waals surface area contributed by atoms with E-state index in [1.54, 1.807) is 49.2 Å². The molecule has 0 radical (unpaired) electrons. The molecule has 0 saturated carbocycles. The molecule has 0 unspecified atom stereocenters. The molecule has 0 atom stereocenters. The van der Waals surface area contributed by atoms with E-state index in [1.165, 1.54) is 18.2 Å². The van der Waals surface area contributed by atoms with Crippen LogP contribution < -0.4 is 14.8 Å². The molecule has 34 heavy (non-hydrogen) atoms. The highest BCUT2D eigenvalue weighted by molar-refractivity contribution is 6.04. The van der Waals surface area contributed by atoms with E-state index < -0.39 is 11.7 Å². The van der Waals surface area contributed by atoms with Gasteiger partial charge in [0, 0.05) is 23.9 Å².